The lowest BCUT2D eigenvalue weighted by Crippen LogP contribution is -2.03. The van der Waals surface area contributed by atoms with Crippen molar-refractivity contribution in [2.45, 2.75) is 26.8 Å². The van der Waals surface area contributed by atoms with Crippen LogP contribution in [0.2, 0.25) is 0 Å². The Morgan fingerprint density at radius 2 is 1.67 bits per heavy atom. The summed E-state index contributed by atoms with van der Waals surface area (Å²) in [4.78, 5) is 4.80. The number of hydrogen-bond acceptors (Lipinski definition) is 3. The van der Waals surface area contributed by atoms with E-state index in [0.717, 1.165) is 22.4 Å². The van der Waals surface area contributed by atoms with Gasteiger partial charge in [0.05, 0.1) is 11.0 Å². The van der Waals surface area contributed by atoms with Gasteiger partial charge in [0.25, 0.3) is 0 Å². The fraction of sp³-hybridized carbons (Fsp3) is 0.235. The van der Waals surface area contributed by atoms with Crippen molar-refractivity contribution in [1.29, 1.82) is 0 Å². The van der Waals surface area contributed by atoms with Crippen LogP contribution in [0.4, 0.5) is 11.4 Å². The molecule has 4 N–H and O–H groups in total. The third-order valence-electron chi connectivity index (χ3n) is 3.60. The summed E-state index contributed by atoms with van der Waals surface area (Å²) in [6.07, 6.45) is 0. The van der Waals surface area contributed by atoms with Gasteiger partial charge in [-0.3, -0.25) is 0 Å². The van der Waals surface area contributed by atoms with Crippen LogP contribution in [0.3, 0.4) is 0 Å². The van der Waals surface area contributed by atoms with Gasteiger partial charge in [0.2, 0.25) is 0 Å². The minimum absolute atomic E-state index is 0.301. The Bertz CT molecular complexity index is 795. The van der Waals surface area contributed by atoms with Crippen molar-refractivity contribution >= 4 is 22.4 Å². The predicted molar refractivity (Wildman–Crippen MR) is 89.1 cm³/mol. The highest BCUT2D eigenvalue weighted by molar-refractivity contribution is 5.82. The zero-order valence-electron chi connectivity index (χ0n) is 12.6. The molecule has 3 rings (SSSR count). The lowest BCUT2D eigenvalue weighted by atomic mass is 10.1. The molecule has 3 aromatic rings. The van der Waals surface area contributed by atoms with Crippen molar-refractivity contribution in [1.82, 2.24) is 9.55 Å². The van der Waals surface area contributed by atoms with Gasteiger partial charge in [-0.1, -0.05) is 6.07 Å². The van der Waals surface area contributed by atoms with Crippen molar-refractivity contribution in [3.8, 4) is 11.4 Å². The lowest BCUT2D eigenvalue weighted by Gasteiger charge is -2.14. The van der Waals surface area contributed by atoms with E-state index in [1.54, 1.807) is 6.07 Å². The quantitative estimate of drug-likeness (QED) is 0.702. The highest BCUT2D eigenvalue weighted by Crippen LogP contribution is 2.31. The molecule has 0 saturated heterocycles. The Morgan fingerprint density at radius 1 is 1.00 bits per heavy atom. The Labute approximate surface area is 124 Å². The first kappa shape index (κ1) is 13.5. The van der Waals surface area contributed by atoms with Gasteiger partial charge in [0.15, 0.2) is 0 Å². The van der Waals surface area contributed by atoms with Gasteiger partial charge >= 0.3 is 0 Å². The Balaban J connectivity index is 2.33. The van der Waals surface area contributed by atoms with Crippen molar-refractivity contribution < 1.29 is 0 Å². The molecule has 108 valence electrons. The third-order valence-corrected chi connectivity index (χ3v) is 3.60. The Kier molecular flexibility index (Phi) is 3.09. The van der Waals surface area contributed by atoms with Crippen LogP contribution >= 0.6 is 0 Å². The monoisotopic (exact) mass is 280 g/mol. The normalized spacial score (nSPS) is 11.4. The maximum absolute atomic E-state index is 5.92. The van der Waals surface area contributed by atoms with E-state index in [1.165, 1.54) is 5.56 Å². The van der Waals surface area contributed by atoms with Gasteiger partial charge < -0.3 is 16.0 Å². The van der Waals surface area contributed by atoms with E-state index in [0.29, 0.717) is 17.4 Å². The standard InChI is InChI=1S/C17H20N4/c1-10(2)21-16-5-4-11(3)6-15(16)20-17(21)12-7-13(18)9-14(19)8-12/h4-10H,18-19H2,1-3H3. The fourth-order valence-electron chi connectivity index (χ4n) is 2.74. The fourth-order valence-corrected chi connectivity index (χ4v) is 2.74. The van der Waals surface area contributed by atoms with Crippen LogP contribution in [0, 0.1) is 6.92 Å². The molecule has 0 saturated carbocycles. The number of aryl methyl sites for hydroxylation is 1. The van der Waals surface area contributed by atoms with Crippen molar-refractivity contribution in [3.05, 3.63) is 42.0 Å². The predicted octanol–water partition coefficient (Wildman–Crippen LogP) is 3.76. The molecule has 0 aliphatic carbocycles. The van der Waals surface area contributed by atoms with Gasteiger partial charge in [0, 0.05) is 23.0 Å². The third kappa shape index (κ3) is 2.33. The van der Waals surface area contributed by atoms with Crippen LogP contribution < -0.4 is 11.5 Å². The number of imidazole rings is 1. The van der Waals surface area contributed by atoms with E-state index in [9.17, 15) is 0 Å². The highest BCUT2D eigenvalue weighted by Gasteiger charge is 2.15. The van der Waals surface area contributed by atoms with Gasteiger partial charge in [-0.2, -0.15) is 0 Å². The second-order valence-electron chi connectivity index (χ2n) is 5.78. The highest BCUT2D eigenvalue weighted by atomic mass is 15.1. The first-order valence-corrected chi connectivity index (χ1v) is 7.10. The number of benzene rings is 2. The number of anilines is 2. The summed E-state index contributed by atoms with van der Waals surface area (Å²) in [6, 6.07) is 12.2. The number of nitrogens with zero attached hydrogens (tertiary/aromatic N) is 2. The molecule has 2 aromatic carbocycles. The second kappa shape index (κ2) is 4.81. The molecule has 0 fully saturated rings. The number of nitrogen functional groups attached to an aromatic ring is 2. The molecular weight excluding hydrogens is 260 g/mol. The molecule has 0 aliphatic heterocycles. The van der Waals surface area contributed by atoms with E-state index < -0.39 is 0 Å². The van der Waals surface area contributed by atoms with Crippen molar-refractivity contribution in [3.63, 3.8) is 0 Å². The summed E-state index contributed by atoms with van der Waals surface area (Å²) in [5.74, 6) is 0.907. The van der Waals surface area contributed by atoms with Crippen LogP contribution in [0.1, 0.15) is 25.5 Å². The molecule has 21 heavy (non-hydrogen) atoms. The first-order valence-electron chi connectivity index (χ1n) is 7.10. The van der Waals surface area contributed by atoms with Gasteiger partial charge in [0.1, 0.15) is 5.82 Å². The molecule has 0 unspecified atom stereocenters. The van der Waals surface area contributed by atoms with Crippen LogP contribution in [0.25, 0.3) is 22.4 Å². The molecule has 4 heteroatoms. The summed E-state index contributed by atoms with van der Waals surface area (Å²) < 4.78 is 2.23. The topological polar surface area (TPSA) is 69.9 Å². The van der Waals surface area contributed by atoms with Crippen molar-refractivity contribution in [2.24, 2.45) is 0 Å². The molecule has 0 atom stereocenters. The number of hydrogen-bond donors (Lipinski definition) is 2. The molecule has 1 aromatic heterocycles. The second-order valence-corrected chi connectivity index (χ2v) is 5.78. The first-order chi connectivity index (χ1) is 9.95. The summed E-state index contributed by atoms with van der Waals surface area (Å²) in [6.45, 7) is 6.38. The zero-order valence-corrected chi connectivity index (χ0v) is 12.6. The van der Waals surface area contributed by atoms with Gasteiger partial charge in [-0.05, 0) is 56.7 Å². The van der Waals surface area contributed by atoms with E-state index in [2.05, 4.69) is 43.5 Å². The Hall–Kier alpha value is -2.49. The molecule has 0 radical (unpaired) electrons. The molecule has 4 nitrogen and oxygen atoms in total. The zero-order chi connectivity index (χ0) is 15.1. The Morgan fingerprint density at radius 3 is 2.29 bits per heavy atom. The number of nitrogens with two attached hydrogens (primary N) is 2. The van der Waals surface area contributed by atoms with Gasteiger partial charge in [-0.25, -0.2) is 4.98 Å². The SMILES string of the molecule is Cc1ccc2c(c1)nc(-c1cc(N)cc(N)c1)n2C(C)C. The summed E-state index contributed by atoms with van der Waals surface area (Å²) in [5, 5.41) is 0. The minimum Gasteiger partial charge on any atom is -0.399 e. The average molecular weight is 280 g/mol. The van der Waals surface area contributed by atoms with E-state index in [1.807, 2.05) is 12.1 Å². The number of aromatic nitrogens is 2. The largest absolute Gasteiger partial charge is 0.399 e. The molecular formula is C17H20N4. The maximum Gasteiger partial charge on any atom is 0.141 e. The maximum atomic E-state index is 5.92. The summed E-state index contributed by atoms with van der Waals surface area (Å²) in [7, 11) is 0. The summed E-state index contributed by atoms with van der Waals surface area (Å²) >= 11 is 0. The van der Waals surface area contributed by atoms with E-state index >= 15 is 0 Å². The van der Waals surface area contributed by atoms with E-state index in [4.69, 9.17) is 16.5 Å². The van der Waals surface area contributed by atoms with Crippen molar-refractivity contribution in [2.75, 3.05) is 11.5 Å². The number of rotatable bonds is 2. The summed E-state index contributed by atoms with van der Waals surface area (Å²) in [5.41, 5.74) is 17.4. The van der Waals surface area contributed by atoms with Gasteiger partial charge in [-0.15, -0.1) is 0 Å². The average Bonchev–Trinajstić information content (AvgIpc) is 2.75. The lowest BCUT2D eigenvalue weighted by molar-refractivity contribution is 0.624. The molecule has 1 heterocycles. The van der Waals surface area contributed by atoms with Crippen LogP contribution in [-0.2, 0) is 0 Å². The molecule has 0 aliphatic rings. The van der Waals surface area contributed by atoms with Crippen LogP contribution in [0.15, 0.2) is 36.4 Å². The molecule has 0 amide bonds. The van der Waals surface area contributed by atoms with Crippen LogP contribution in [-0.4, -0.2) is 9.55 Å². The molecule has 0 spiro atoms. The molecule has 0 bridgehead atoms. The smallest absolute Gasteiger partial charge is 0.141 e. The van der Waals surface area contributed by atoms with Crippen LogP contribution in [0.5, 0.6) is 0 Å². The minimum atomic E-state index is 0.301. The van der Waals surface area contributed by atoms with E-state index in [-0.39, 0.29) is 0 Å². The number of fused-ring (bicyclic) bond motifs is 1.